The highest BCUT2D eigenvalue weighted by atomic mass is 79.9. The zero-order chi connectivity index (χ0) is 12.3. The summed E-state index contributed by atoms with van der Waals surface area (Å²) in [7, 11) is 1.79. The molecule has 0 saturated carbocycles. The fourth-order valence-electron chi connectivity index (χ4n) is 1.26. The van der Waals surface area contributed by atoms with Crippen LogP contribution >= 0.6 is 27.5 Å². The van der Waals surface area contributed by atoms with E-state index in [9.17, 15) is 4.79 Å². The largest absolute Gasteiger partial charge is 0.481 e. The Morgan fingerprint density at radius 3 is 2.88 bits per heavy atom. The fourth-order valence-corrected chi connectivity index (χ4v) is 2.20. The highest BCUT2D eigenvalue weighted by Crippen LogP contribution is 2.26. The summed E-state index contributed by atoms with van der Waals surface area (Å²) in [5, 5.41) is 9.35. The maximum Gasteiger partial charge on any atom is 0.308 e. The number of nitrogens with zero attached hydrogens (tertiary/aromatic N) is 2. The smallest absolute Gasteiger partial charge is 0.308 e. The summed E-state index contributed by atoms with van der Waals surface area (Å²) in [4.78, 5) is 16.6. The molecule has 16 heavy (non-hydrogen) atoms. The van der Waals surface area contributed by atoms with Crippen LogP contribution in [0.2, 0.25) is 5.02 Å². The molecule has 88 valence electrons. The highest BCUT2D eigenvalue weighted by Gasteiger charge is 2.16. The van der Waals surface area contributed by atoms with Crippen molar-refractivity contribution in [2.45, 2.75) is 6.92 Å². The molecular formula is C10H12BrClN2O2. The third-order valence-electron chi connectivity index (χ3n) is 2.12. The van der Waals surface area contributed by atoms with E-state index in [1.807, 2.05) is 0 Å². The van der Waals surface area contributed by atoms with Gasteiger partial charge in [0.15, 0.2) is 0 Å². The zero-order valence-electron chi connectivity index (χ0n) is 8.94. The molecule has 0 amide bonds. The third-order valence-corrected chi connectivity index (χ3v) is 2.91. The lowest BCUT2D eigenvalue weighted by Gasteiger charge is -2.21. The summed E-state index contributed by atoms with van der Waals surface area (Å²) in [6.07, 6.45) is 1.53. The Morgan fingerprint density at radius 1 is 1.75 bits per heavy atom. The highest BCUT2D eigenvalue weighted by molar-refractivity contribution is 9.10. The van der Waals surface area contributed by atoms with Gasteiger partial charge in [-0.25, -0.2) is 4.98 Å². The van der Waals surface area contributed by atoms with Crippen molar-refractivity contribution >= 4 is 39.3 Å². The van der Waals surface area contributed by atoms with E-state index in [0.29, 0.717) is 17.4 Å². The van der Waals surface area contributed by atoms with Gasteiger partial charge in [-0.15, -0.1) is 0 Å². The van der Waals surface area contributed by atoms with Gasteiger partial charge in [0.1, 0.15) is 5.82 Å². The first-order valence-electron chi connectivity index (χ1n) is 4.66. The Bertz CT molecular complexity index is 400. The zero-order valence-corrected chi connectivity index (χ0v) is 11.3. The van der Waals surface area contributed by atoms with Crippen LogP contribution in [0.4, 0.5) is 5.82 Å². The molecule has 0 bridgehead atoms. The number of aliphatic carboxylic acids is 1. The van der Waals surface area contributed by atoms with Crippen LogP contribution in [-0.4, -0.2) is 29.7 Å². The molecule has 0 radical (unpaired) electrons. The summed E-state index contributed by atoms with van der Waals surface area (Å²) in [6, 6.07) is 1.73. The molecular weight excluding hydrogens is 295 g/mol. The maximum absolute atomic E-state index is 10.7. The Kier molecular flexibility index (Phi) is 4.56. The number of anilines is 1. The summed E-state index contributed by atoms with van der Waals surface area (Å²) >= 11 is 9.11. The van der Waals surface area contributed by atoms with E-state index in [2.05, 4.69) is 20.9 Å². The standard InChI is InChI=1S/C10H12BrClN2O2/c1-6(10(15)16)5-14(2)9-8(11)3-7(12)4-13-9/h3-4,6H,5H2,1-2H3,(H,15,16). The van der Waals surface area contributed by atoms with E-state index in [1.165, 1.54) is 6.20 Å². The molecule has 1 atom stereocenters. The molecule has 0 aliphatic rings. The summed E-state index contributed by atoms with van der Waals surface area (Å²) < 4.78 is 0.750. The van der Waals surface area contributed by atoms with Gasteiger partial charge in [-0.2, -0.15) is 0 Å². The number of halogens is 2. The molecule has 1 unspecified atom stereocenters. The Hall–Kier alpha value is -0.810. The van der Waals surface area contributed by atoms with Crippen LogP contribution in [0.25, 0.3) is 0 Å². The van der Waals surface area contributed by atoms with Crippen molar-refractivity contribution in [1.82, 2.24) is 4.98 Å². The average Bonchev–Trinajstić information content (AvgIpc) is 2.16. The first-order valence-corrected chi connectivity index (χ1v) is 5.84. The van der Waals surface area contributed by atoms with Crippen LogP contribution in [-0.2, 0) is 4.79 Å². The fraction of sp³-hybridized carbons (Fsp3) is 0.400. The molecule has 6 heteroatoms. The number of carbonyl (C=O) groups is 1. The van der Waals surface area contributed by atoms with Crippen LogP contribution in [0, 0.1) is 5.92 Å². The Labute approximate surface area is 107 Å². The van der Waals surface area contributed by atoms with Gasteiger partial charge in [-0.1, -0.05) is 18.5 Å². The minimum atomic E-state index is -0.822. The number of carboxylic acid groups (broad SMARTS) is 1. The van der Waals surface area contributed by atoms with Gasteiger partial charge in [-0.3, -0.25) is 4.79 Å². The minimum absolute atomic E-state index is 0.391. The summed E-state index contributed by atoms with van der Waals surface area (Å²) in [5.41, 5.74) is 0. The van der Waals surface area contributed by atoms with Crippen LogP contribution in [0.3, 0.4) is 0 Å². The number of aromatic nitrogens is 1. The second-order valence-electron chi connectivity index (χ2n) is 3.58. The molecule has 0 aliphatic carbocycles. The molecule has 1 aromatic rings. The van der Waals surface area contributed by atoms with Crippen molar-refractivity contribution < 1.29 is 9.90 Å². The normalized spacial score (nSPS) is 12.2. The van der Waals surface area contributed by atoms with Crippen LogP contribution < -0.4 is 4.90 Å². The lowest BCUT2D eigenvalue weighted by atomic mass is 10.2. The van der Waals surface area contributed by atoms with Crippen LogP contribution in [0.1, 0.15) is 6.92 Å². The molecule has 0 aliphatic heterocycles. The topological polar surface area (TPSA) is 53.4 Å². The van der Waals surface area contributed by atoms with E-state index < -0.39 is 11.9 Å². The van der Waals surface area contributed by atoms with E-state index in [1.54, 1.807) is 24.9 Å². The van der Waals surface area contributed by atoms with E-state index in [4.69, 9.17) is 16.7 Å². The quantitative estimate of drug-likeness (QED) is 0.929. The molecule has 1 N–H and O–H groups in total. The molecule has 0 saturated heterocycles. The molecule has 1 heterocycles. The number of pyridine rings is 1. The van der Waals surface area contributed by atoms with Crippen molar-refractivity contribution in [3.05, 3.63) is 21.8 Å². The first kappa shape index (κ1) is 13.3. The predicted molar refractivity (Wildman–Crippen MR) is 67.0 cm³/mol. The second-order valence-corrected chi connectivity index (χ2v) is 4.87. The first-order chi connectivity index (χ1) is 7.41. The SMILES string of the molecule is CC(CN(C)c1ncc(Cl)cc1Br)C(=O)O. The molecule has 4 nitrogen and oxygen atoms in total. The molecule has 1 rings (SSSR count). The Morgan fingerprint density at radius 2 is 2.38 bits per heavy atom. The van der Waals surface area contributed by atoms with Crippen LogP contribution in [0.15, 0.2) is 16.7 Å². The Balaban J connectivity index is 2.80. The van der Waals surface area contributed by atoms with Gasteiger partial charge in [0, 0.05) is 19.8 Å². The van der Waals surface area contributed by atoms with Gasteiger partial charge < -0.3 is 10.0 Å². The molecule has 1 aromatic heterocycles. The van der Waals surface area contributed by atoms with E-state index in [0.717, 1.165) is 4.47 Å². The van der Waals surface area contributed by atoms with Crippen LogP contribution in [0.5, 0.6) is 0 Å². The monoisotopic (exact) mass is 306 g/mol. The van der Waals surface area contributed by atoms with Gasteiger partial charge in [-0.05, 0) is 22.0 Å². The third kappa shape index (κ3) is 3.35. The molecule has 0 fully saturated rings. The number of carboxylic acids is 1. The van der Waals surface area contributed by atoms with Gasteiger partial charge in [0.2, 0.25) is 0 Å². The predicted octanol–water partition coefficient (Wildman–Crippen LogP) is 2.65. The maximum atomic E-state index is 10.7. The molecule has 0 spiro atoms. The summed E-state index contributed by atoms with van der Waals surface area (Å²) in [6.45, 7) is 2.05. The number of hydrogen-bond donors (Lipinski definition) is 1. The van der Waals surface area contributed by atoms with Crippen molar-refractivity contribution in [2.24, 2.45) is 5.92 Å². The van der Waals surface area contributed by atoms with Gasteiger partial charge in [0.05, 0.1) is 15.4 Å². The number of hydrogen-bond acceptors (Lipinski definition) is 3. The van der Waals surface area contributed by atoms with Crippen molar-refractivity contribution in [2.75, 3.05) is 18.5 Å². The second kappa shape index (κ2) is 5.50. The van der Waals surface area contributed by atoms with Crippen molar-refractivity contribution in [1.29, 1.82) is 0 Å². The van der Waals surface area contributed by atoms with E-state index >= 15 is 0 Å². The van der Waals surface area contributed by atoms with Gasteiger partial charge in [0.25, 0.3) is 0 Å². The van der Waals surface area contributed by atoms with E-state index in [-0.39, 0.29) is 0 Å². The van der Waals surface area contributed by atoms with Crippen molar-refractivity contribution in [3.8, 4) is 0 Å². The minimum Gasteiger partial charge on any atom is -0.481 e. The number of rotatable bonds is 4. The van der Waals surface area contributed by atoms with Crippen molar-refractivity contribution in [3.63, 3.8) is 0 Å². The lowest BCUT2D eigenvalue weighted by molar-refractivity contribution is -0.140. The van der Waals surface area contributed by atoms with Gasteiger partial charge >= 0.3 is 5.97 Å². The molecule has 0 aromatic carbocycles. The lowest BCUT2D eigenvalue weighted by Crippen LogP contribution is -2.29. The summed E-state index contributed by atoms with van der Waals surface area (Å²) in [5.74, 6) is -0.594. The average molecular weight is 308 g/mol.